The van der Waals surface area contributed by atoms with Crippen LogP contribution in [-0.4, -0.2) is 40.0 Å². The highest BCUT2D eigenvalue weighted by molar-refractivity contribution is 7.86. The summed E-state index contributed by atoms with van der Waals surface area (Å²) in [6.07, 6.45) is 1.09. The van der Waals surface area contributed by atoms with Gasteiger partial charge >= 0.3 is 5.97 Å². The lowest BCUT2D eigenvalue weighted by atomic mass is 9.80. The topological polar surface area (TPSA) is 78.9 Å². The van der Waals surface area contributed by atoms with E-state index in [1.54, 1.807) is 6.92 Å². The summed E-state index contributed by atoms with van der Waals surface area (Å²) in [5.74, 6) is -1.14. The van der Waals surface area contributed by atoms with Crippen LogP contribution in [0.25, 0.3) is 0 Å². The van der Waals surface area contributed by atoms with Crippen molar-refractivity contribution < 1.29 is 26.9 Å². The van der Waals surface area contributed by atoms with Gasteiger partial charge in [0.25, 0.3) is 10.1 Å². The fourth-order valence-corrected chi connectivity index (χ4v) is 5.77. The fraction of sp³-hybridized carbons (Fsp3) is 0.345. The van der Waals surface area contributed by atoms with Crippen molar-refractivity contribution in [3.05, 3.63) is 108 Å². The SMILES string of the molecule is CCOC(=O)[C@@H]1CC(OS(C)(=O)=O)C[C@H]1COC(c1ccccc1)(c1ccccc1)c1ccccc1. The number of rotatable bonds is 10. The number of esters is 1. The summed E-state index contributed by atoms with van der Waals surface area (Å²) in [5, 5.41) is 0. The molecule has 0 radical (unpaired) electrons. The summed E-state index contributed by atoms with van der Waals surface area (Å²) < 4.78 is 41.1. The van der Waals surface area contributed by atoms with Crippen molar-refractivity contribution in [2.45, 2.75) is 31.5 Å². The lowest BCUT2D eigenvalue weighted by Crippen LogP contribution is -2.36. The van der Waals surface area contributed by atoms with E-state index in [-0.39, 0.29) is 31.5 Å². The van der Waals surface area contributed by atoms with Crippen molar-refractivity contribution >= 4 is 16.1 Å². The maximum absolute atomic E-state index is 12.8. The molecular weight excluding hydrogens is 476 g/mol. The highest BCUT2D eigenvalue weighted by Gasteiger charge is 2.44. The van der Waals surface area contributed by atoms with Crippen molar-refractivity contribution in [3.8, 4) is 0 Å². The summed E-state index contributed by atoms with van der Waals surface area (Å²) in [6, 6.07) is 30.0. The molecule has 4 rings (SSSR count). The van der Waals surface area contributed by atoms with Crippen LogP contribution >= 0.6 is 0 Å². The molecule has 1 aliphatic carbocycles. The first-order valence-corrected chi connectivity index (χ1v) is 14.0. The van der Waals surface area contributed by atoms with Crippen LogP contribution in [0.4, 0.5) is 0 Å². The van der Waals surface area contributed by atoms with Gasteiger partial charge in [-0.05, 0) is 42.4 Å². The molecule has 1 saturated carbocycles. The first-order chi connectivity index (χ1) is 17.3. The number of benzene rings is 3. The van der Waals surface area contributed by atoms with Crippen LogP contribution < -0.4 is 0 Å². The molecular formula is C29H32O6S. The van der Waals surface area contributed by atoms with E-state index < -0.39 is 27.7 Å². The zero-order valence-electron chi connectivity index (χ0n) is 20.6. The van der Waals surface area contributed by atoms with E-state index in [0.717, 1.165) is 22.9 Å². The maximum Gasteiger partial charge on any atom is 0.309 e. The minimum atomic E-state index is -3.66. The molecule has 7 heteroatoms. The molecule has 1 fully saturated rings. The van der Waals surface area contributed by atoms with Gasteiger partial charge in [0, 0.05) is 0 Å². The van der Waals surface area contributed by atoms with Crippen molar-refractivity contribution in [3.63, 3.8) is 0 Å². The monoisotopic (exact) mass is 508 g/mol. The molecule has 1 aliphatic rings. The summed E-state index contributed by atoms with van der Waals surface area (Å²) in [4.78, 5) is 12.8. The van der Waals surface area contributed by atoms with Crippen molar-refractivity contribution in [2.75, 3.05) is 19.5 Å². The molecule has 6 nitrogen and oxygen atoms in total. The lowest BCUT2D eigenvalue weighted by molar-refractivity contribution is -0.150. The second kappa shape index (κ2) is 11.4. The molecule has 0 spiro atoms. The van der Waals surface area contributed by atoms with Gasteiger partial charge in [-0.1, -0.05) is 91.0 Å². The Morgan fingerprint density at radius 2 is 1.31 bits per heavy atom. The predicted octanol–water partition coefficient (Wildman–Crippen LogP) is 4.93. The fourth-order valence-electron chi connectivity index (χ4n) is 5.12. The van der Waals surface area contributed by atoms with E-state index in [4.69, 9.17) is 13.7 Å². The van der Waals surface area contributed by atoms with Gasteiger partial charge in [0.2, 0.25) is 0 Å². The largest absolute Gasteiger partial charge is 0.466 e. The third kappa shape index (κ3) is 5.86. The van der Waals surface area contributed by atoms with Crippen LogP contribution in [0.3, 0.4) is 0 Å². The van der Waals surface area contributed by atoms with E-state index in [0.29, 0.717) is 6.42 Å². The van der Waals surface area contributed by atoms with Gasteiger partial charge in [-0.3, -0.25) is 8.98 Å². The molecule has 0 heterocycles. The van der Waals surface area contributed by atoms with E-state index in [1.807, 2.05) is 91.0 Å². The molecule has 0 aliphatic heterocycles. The summed E-state index contributed by atoms with van der Waals surface area (Å²) in [5.41, 5.74) is 1.93. The Bertz CT molecular complexity index is 1130. The van der Waals surface area contributed by atoms with Gasteiger partial charge in [0.05, 0.1) is 31.5 Å². The Morgan fingerprint density at radius 3 is 1.72 bits per heavy atom. The second-order valence-electron chi connectivity index (χ2n) is 9.10. The normalized spacial score (nSPS) is 20.2. The quantitative estimate of drug-likeness (QED) is 0.220. The predicted molar refractivity (Wildman–Crippen MR) is 138 cm³/mol. The number of carbonyl (C=O) groups excluding carboxylic acids is 1. The van der Waals surface area contributed by atoms with Crippen LogP contribution in [0.5, 0.6) is 0 Å². The van der Waals surface area contributed by atoms with Crippen LogP contribution in [0.1, 0.15) is 36.5 Å². The summed E-state index contributed by atoms with van der Waals surface area (Å²) in [6.45, 7) is 2.22. The van der Waals surface area contributed by atoms with Gasteiger partial charge in [-0.25, -0.2) is 0 Å². The molecule has 0 saturated heterocycles. The molecule has 36 heavy (non-hydrogen) atoms. The van der Waals surface area contributed by atoms with Gasteiger partial charge in [-0.15, -0.1) is 0 Å². The smallest absolute Gasteiger partial charge is 0.309 e. The summed E-state index contributed by atoms with van der Waals surface area (Å²) in [7, 11) is -3.66. The third-order valence-corrected chi connectivity index (χ3v) is 7.23. The van der Waals surface area contributed by atoms with E-state index in [9.17, 15) is 13.2 Å². The minimum Gasteiger partial charge on any atom is -0.466 e. The van der Waals surface area contributed by atoms with E-state index >= 15 is 0 Å². The average molecular weight is 509 g/mol. The Kier molecular flexibility index (Phi) is 8.24. The number of hydrogen-bond donors (Lipinski definition) is 0. The first kappa shape index (κ1) is 26.1. The van der Waals surface area contributed by atoms with E-state index in [1.165, 1.54) is 0 Å². The molecule has 1 unspecified atom stereocenters. The molecule has 3 atom stereocenters. The zero-order chi connectivity index (χ0) is 25.6. The Morgan fingerprint density at radius 1 is 0.833 bits per heavy atom. The second-order valence-corrected chi connectivity index (χ2v) is 10.7. The minimum absolute atomic E-state index is 0.214. The van der Waals surface area contributed by atoms with Gasteiger partial charge in [-0.2, -0.15) is 8.42 Å². The molecule has 3 aromatic carbocycles. The van der Waals surface area contributed by atoms with Crippen molar-refractivity contribution in [2.24, 2.45) is 11.8 Å². The molecule has 0 amide bonds. The molecule has 3 aromatic rings. The lowest BCUT2D eigenvalue weighted by Gasteiger charge is -2.37. The van der Waals surface area contributed by atoms with Gasteiger partial charge < -0.3 is 9.47 Å². The van der Waals surface area contributed by atoms with Crippen LogP contribution in [0, 0.1) is 11.8 Å². The first-order valence-electron chi connectivity index (χ1n) is 12.2. The highest BCUT2D eigenvalue weighted by Crippen LogP contribution is 2.43. The van der Waals surface area contributed by atoms with E-state index in [2.05, 4.69) is 0 Å². The Hall–Kier alpha value is -3.00. The highest BCUT2D eigenvalue weighted by atomic mass is 32.2. The van der Waals surface area contributed by atoms with Crippen molar-refractivity contribution in [1.82, 2.24) is 0 Å². The van der Waals surface area contributed by atoms with Crippen molar-refractivity contribution in [1.29, 1.82) is 0 Å². The standard InChI is InChI=1S/C29H32O6S/c1-3-33-28(30)27-20-26(35-36(2,31)32)19-22(27)21-34-29(23-13-7-4-8-14-23,24-15-9-5-10-16-24)25-17-11-6-12-18-25/h4-18,22,26-27H,3,19-21H2,1-2H3/t22-,26?,27+/m0/s1. The van der Waals surface area contributed by atoms with Gasteiger partial charge in [0.1, 0.15) is 5.60 Å². The van der Waals surface area contributed by atoms with Crippen LogP contribution in [-0.2, 0) is 34.2 Å². The number of hydrogen-bond acceptors (Lipinski definition) is 6. The maximum atomic E-state index is 12.8. The number of ether oxygens (including phenoxy) is 2. The zero-order valence-corrected chi connectivity index (χ0v) is 21.4. The molecule has 0 bridgehead atoms. The van der Waals surface area contributed by atoms with Gasteiger partial charge in [0.15, 0.2) is 0 Å². The third-order valence-electron chi connectivity index (χ3n) is 6.61. The Balaban J connectivity index is 1.74. The molecule has 190 valence electrons. The average Bonchev–Trinajstić information content (AvgIpc) is 3.27. The molecule has 0 N–H and O–H groups in total. The van der Waals surface area contributed by atoms with Crippen LogP contribution in [0.2, 0.25) is 0 Å². The molecule has 0 aromatic heterocycles. The number of carbonyl (C=O) groups is 1. The Labute approximate surface area is 213 Å². The van der Waals surface area contributed by atoms with Crippen LogP contribution in [0.15, 0.2) is 91.0 Å². The summed E-state index contributed by atoms with van der Waals surface area (Å²) >= 11 is 0.